The summed E-state index contributed by atoms with van der Waals surface area (Å²) in [6.07, 6.45) is 0.749. The molecule has 0 radical (unpaired) electrons. The third kappa shape index (κ3) is 6.14. The average molecular weight is 369 g/mol. The third-order valence-electron chi connectivity index (χ3n) is 3.75. The maximum Gasteiger partial charge on any atom is 0.255 e. The molecule has 0 aromatic heterocycles. The Kier molecular flexibility index (Phi) is 7.37. The van der Waals surface area contributed by atoms with Crippen molar-refractivity contribution >= 4 is 23.4 Å². The second-order valence-electron chi connectivity index (χ2n) is 5.78. The summed E-state index contributed by atoms with van der Waals surface area (Å²) in [6.45, 7) is 2.70. The van der Waals surface area contributed by atoms with Gasteiger partial charge in [0, 0.05) is 24.2 Å². The lowest BCUT2D eigenvalue weighted by molar-refractivity contribution is -0.116. The summed E-state index contributed by atoms with van der Waals surface area (Å²) in [5.74, 6) is -0.392. The predicted molar refractivity (Wildman–Crippen MR) is 103 cm³/mol. The molecule has 142 valence electrons. The zero-order valence-electron chi connectivity index (χ0n) is 15.2. The van der Waals surface area contributed by atoms with Crippen molar-refractivity contribution in [2.24, 2.45) is 5.73 Å². The highest BCUT2D eigenvalue weighted by molar-refractivity contribution is 5.97. The largest absolute Gasteiger partial charge is 0.493 e. The first-order valence-electron chi connectivity index (χ1n) is 8.71. The molecular formula is C20H23N3O4. The molecule has 0 spiro atoms. The second kappa shape index (κ2) is 9.96. The lowest BCUT2D eigenvalue weighted by Crippen LogP contribution is -2.26. The summed E-state index contributed by atoms with van der Waals surface area (Å²) < 4.78 is 5.44. The molecular weight excluding hydrogens is 346 g/mol. The average Bonchev–Trinajstić information content (AvgIpc) is 2.66. The molecule has 0 aliphatic heterocycles. The number of hydrogen-bond acceptors (Lipinski definition) is 4. The number of nitrogens with two attached hydrogens (primary N) is 1. The Morgan fingerprint density at radius 2 is 1.74 bits per heavy atom. The number of para-hydroxylation sites is 1. The molecule has 2 aromatic rings. The summed E-state index contributed by atoms with van der Waals surface area (Å²) in [6, 6.07) is 13.4. The van der Waals surface area contributed by atoms with E-state index in [0.717, 1.165) is 0 Å². The first-order valence-corrected chi connectivity index (χ1v) is 8.71. The number of benzene rings is 2. The molecule has 7 heteroatoms. The number of amides is 3. The lowest BCUT2D eigenvalue weighted by Gasteiger charge is -2.10. The van der Waals surface area contributed by atoms with E-state index >= 15 is 0 Å². The van der Waals surface area contributed by atoms with Crippen molar-refractivity contribution in [3.63, 3.8) is 0 Å². The van der Waals surface area contributed by atoms with Gasteiger partial charge in [0.1, 0.15) is 5.75 Å². The van der Waals surface area contributed by atoms with Crippen molar-refractivity contribution in [1.29, 1.82) is 0 Å². The molecule has 0 fully saturated rings. The van der Waals surface area contributed by atoms with E-state index in [1.54, 1.807) is 42.5 Å². The monoisotopic (exact) mass is 369 g/mol. The third-order valence-corrected chi connectivity index (χ3v) is 3.75. The Bertz CT molecular complexity index is 803. The topological polar surface area (TPSA) is 111 Å². The second-order valence-corrected chi connectivity index (χ2v) is 5.78. The molecule has 0 atom stereocenters. The number of ether oxygens (including phenoxy) is 1. The Labute approximate surface area is 157 Å². The van der Waals surface area contributed by atoms with Gasteiger partial charge in [-0.15, -0.1) is 0 Å². The van der Waals surface area contributed by atoms with Crippen LogP contribution in [0.3, 0.4) is 0 Å². The van der Waals surface area contributed by atoms with Crippen molar-refractivity contribution in [1.82, 2.24) is 5.32 Å². The quantitative estimate of drug-likeness (QED) is 0.589. The van der Waals surface area contributed by atoms with Crippen molar-refractivity contribution in [3.8, 4) is 5.75 Å². The number of carbonyl (C=O) groups excluding carboxylic acids is 3. The smallest absolute Gasteiger partial charge is 0.255 e. The number of anilines is 1. The molecule has 0 saturated heterocycles. The van der Waals surface area contributed by atoms with Crippen molar-refractivity contribution < 1.29 is 19.1 Å². The highest BCUT2D eigenvalue weighted by atomic mass is 16.5. The van der Waals surface area contributed by atoms with Gasteiger partial charge in [0.05, 0.1) is 12.2 Å². The Hall–Kier alpha value is -3.35. The van der Waals surface area contributed by atoms with E-state index in [1.807, 2.05) is 13.0 Å². The van der Waals surface area contributed by atoms with E-state index in [-0.39, 0.29) is 18.2 Å². The zero-order valence-corrected chi connectivity index (χ0v) is 15.2. The summed E-state index contributed by atoms with van der Waals surface area (Å²) in [5, 5.41) is 5.52. The van der Waals surface area contributed by atoms with E-state index in [1.165, 1.54) is 0 Å². The molecule has 0 saturated carbocycles. The van der Waals surface area contributed by atoms with Gasteiger partial charge >= 0.3 is 0 Å². The SMILES string of the molecule is CCOc1ccccc1C(=O)NCCCC(=O)Nc1ccc(C(N)=O)cc1. The molecule has 3 amide bonds. The maximum atomic E-state index is 12.2. The predicted octanol–water partition coefficient (Wildman–Crippen LogP) is 2.33. The fourth-order valence-corrected chi connectivity index (χ4v) is 2.42. The number of rotatable bonds is 9. The molecule has 0 heterocycles. The van der Waals surface area contributed by atoms with Gasteiger partial charge in [0.2, 0.25) is 11.8 Å². The summed E-state index contributed by atoms with van der Waals surface area (Å²) in [4.78, 5) is 35.2. The summed E-state index contributed by atoms with van der Waals surface area (Å²) >= 11 is 0. The first-order chi connectivity index (χ1) is 13.0. The van der Waals surface area contributed by atoms with Crippen LogP contribution < -0.4 is 21.1 Å². The molecule has 0 aliphatic rings. The minimum absolute atomic E-state index is 0.175. The van der Waals surface area contributed by atoms with Gasteiger partial charge in [-0.3, -0.25) is 14.4 Å². The molecule has 7 nitrogen and oxygen atoms in total. The van der Waals surface area contributed by atoms with Crippen molar-refractivity contribution in [2.45, 2.75) is 19.8 Å². The van der Waals surface area contributed by atoms with Crippen LogP contribution in [0, 0.1) is 0 Å². The lowest BCUT2D eigenvalue weighted by atomic mass is 10.2. The van der Waals surface area contributed by atoms with E-state index in [9.17, 15) is 14.4 Å². The van der Waals surface area contributed by atoms with Crippen LogP contribution in [0.4, 0.5) is 5.69 Å². The molecule has 0 bridgehead atoms. The molecule has 2 rings (SSSR count). The van der Waals surface area contributed by atoms with Crippen LogP contribution >= 0.6 is 0 Å². The standard InChI is InChI=1S/C20H23N3O4/c1-2-27-17-7-4-3-6-16(17)20(26)22-13-5-8-18(24)23-15-11-9-14(10-12-15)19(21)25/h3-4,6-7,9-12H,2,5,8,13H2,1H3,(H2,21,25)(H,22,26)(H,23,24). The highest BCUT2D eigenvalue weighted by Crippen LogP contribution is 2.17. The van der Waals surface area contributed by atoms with Gasteiger partial charge in [0.25, 0.3) is 5.91 Å². The van der Waals surface area contributed by atoms with Crippen molar-refractivity contribution in [2.75, 3.05) is 18.5 Å². The number of hydrogen-bond donors (Lipinski definition) is 3. The number of nitrogens with one attached hydrogen (secondary N) is 2. The Morgan fingerprint density at radius 3 is 2.41 bits per heavy atom. The van der Waals surface area contributed by atoms with Gasteiger partial charge in [-0.2, -0.15) is 0 Å². The van der Waals surface area contributed by atoms with E-state index in [4.69, 9.17) is 10.5 Å². The van der Waals surface area contributed by atoms with Crippen LogP contribution in [0.15, 0.2) is 48.5 Å². The van der Waals surface area contributed by atoms with Crippen molar-refractivity contribution in [3.05, 3.63) is 59.7 Å². The molecule has 27 heavy (non-hydrogen) atoms. The van der Waals surface area contributed by atoms with Crippen LogP contribution in [0.25, 0.3) is 0 Å². The first kappa shape index (κ1) is 20.0. The Morgan fingerprint density at radius 1 is 1.04 bits per heavy atom. The minimum Gasteiger partial charge on any atom is -0.493 e. The zero-order chi connectivity index (χ0) is 19.6. The molecule has 2 aromatic carbocycles. The van der Waals surface area contributed by atoms with E-state index < -0.39 is 5.91 Å². The van der Waals surface area contributed by atoms with Gasteiger partial charge in [-0.1, -0.05) is 12.1 Å². The van der Waals surface area contributed by atoms with E-state index in [0.29, 0.717) is 42.1 Å². The van der Waals surface area contributed by atoms with Gasteiger partial charge < -0.3 is 21.1 Å². The van der Waals surface area contributed by atoms with Gasteiger partial charge in [-0.25, -0.2) is 0 Å². The van der Waals surface area contributed by atoms with Crippen LogP contribution in [0.1, 0.15) is 40.5 Å². The molecule has 4 N–H and O–H groups in total. The fourth-order valence-electron chi connectivity index (χ4n) is 2.42. The maximum absolute atomic E-state index is 12.2. The van der Waals surface area contributed by atoms with Gasteiger partial charge in [0.15, 0.2) is 0 Å². The fraction of sp³-hybridized carbons (Fsp3) is 0.250. The van der Waals surface area contributed by atoms with Crippen LogP contribution in [-0.4, -0.2) is 30.9 Å². The number of carbonyl (C=O) groups is 3. The normalized spacial score (nSPS) is 10.1. The van der Waals surface area contributed by atoms with Crippen LogP contribution in [0.2, 0.25) is 0 Å². The molecule has 0 aliphatic carbocycles. The summed E-state index contributed by atoms with van der Waals surface area (Å²) in [5.41, 5.74) is 6.60. The number of primary amides is 1. The minimum atomic E-state index is -0.519. The van der Waals surface area contributed by atoms with E-state index in [2.05, 4.69) is 10.6 Å². The van der Waals surface area contributed by atoms with Crippen LogP contribution in [-0.2, 0) is 4.79 Å². The van der Waals surface area contributed by atoms with Crippen LogP contribution in [0.5, 0.6) is 5.75 Å². The van der Waals surface area contributed by atoms with Gasteiger partial charge in [-0.05, 0) is 49.7 Å². The highest BCUT2D eigenvalue weighted by Gasteiger charge is 2.11. The summed E-state index contributed by atoms with van der Waals surface area (Å²) in [7, 11) is 0. The Balaban J connectivity index is 1.75. The molecule has 0 unspecified atom stereocenters.